The van der Waals surface area contributed by atoms with Crippen molar-refractivity contribution in [3.05, 3.63) is 35.9 Å². The van der Waals surface area contributed by atoms with Crippen LogP contribution in [0.5, 0.6) is 0 Å². The average molecular weight is 275 g/mol. The van der Waals surface area contributed by atoms with Gasteiger partial charge < -0.3 is 15.2 Å². The topological polar surface area (TPSA) is 58.6 Å². The van der Waals surface area contributed by atoms with Gasteiger partial charge in [-0.1, -0.05) is 30.3 Å². The number of carbonyl (C=O) groups is 1. The Balaban J connectivity index is 1.44. The molecule has 0 spiro atoms. The molecule has 2 aliphatic carbocycles. The molecule has 0 aromatic heterocycles. The highest BCUT2D eigenvalue weighted by Crippen LogP contribution is 2.51. The fourth-order valence-corrected chi connectivity index (χ4v) is 2.78. The number of alkyl carbamates (subject to hydrolysis) is 1. The van der Waals surface area contributed by atoms with E-state index in [1.165, 1.54) is 0 Å². The van der Waals surface area contributed by atoms with Gasteiger partial charge in [-0.05, 0) is 43.1 Å². The van der Waals surface area contributed by atoms with Crippen molar-refractivity contribution in [3.8, 4) is 0 Å². The molecule has 4 nitrogen and oxygen atoms in total. The van der Waals surface area contributed by atoms with Gasteiger partial charge in [0.25, 0.3) is 0 Å². The molecular formula is C16H21NO3. The second-order valence-electron chi connectivity index (χ2n) is 5.96. The van der Waals surface area contributed by atoms with Gasteiger partial charge >= 0.3 is 6.09 Å². The van der Waals surface area contributed by atoms with Gasteiger partial charge in [0, 0.05) is 0 Å². The summed E-state index contributed by atoms with van der Waals surface area (Å²) in [4.78, 5) is 11.7. The summed E-state index contributed by atoms with van der Waals surface area (Å²) in [6.07, 6.45) is 3.86. The van der Waals surface area contributed by atoms with E-state index in [-0.39, 0.29) is 6.61 Å². The summed E-state index contributed by atoms with van der Waals surface area (Å²) in [5.41, 5.74) is 0.258. The van der Waals surface area contributed by atoms with Crippen LogP contribution < -0.4 is 5.32 Å². The molecule has 0 aliphatic heterocycles. The Morgan fingerprint density at radius 3 is 2.35 bits per heavy atom. The number of ether oxygens (including phenoxy) is 1. The third-order valence-corrected chi connectivity index (χ3v) is 4.30. The van der Waals surface area contributed by atoms with Crippen molar-refractivity contribution in [2.24, 2.45) is 11.8 Å². The fourth-order valence-electron chi connectivity index (χ4n) is 2.78. The second-order valence-corrected chi connectivity index (χ2v) is 5.96. The lowest BCUT2D eigenvalue weighted by Gasteiger charge is -2.28. The number of hydrogen-bond donors (Lipinski definition) is 2. The van der Waals surface area contributed by atoms with Gasteiger partial charge in [0.05, 0.1) is 12.1 Å². The van der Waals surface area contributed by atoms with Crippen molar-refractivity contribution in [3.63, 3.8) is 0 Å². The number of benzene rings is 1. The van der Waals surface area contributed by atoms with Gasteiger partial charge in [0.2, 0.25) is 0 Å². The molecule has 20 heavy (non-hydrogen) atoms. The summed E-state index contributed by atoms with van der Waals surface area (Å²) in [6, 6.07) is 9.58. The van der Waals surface area contributed by atoms with E-state index in [2.05, 4.69) is 5.32 Å². The molecule has 2 fully saturated rings. The molecule has 0 heterocycles. The number of hydrogen-bond acceptors (Lipinski definition) is 3. The zero-order chi connectivity index (χ0) is 14.0. The van der Waals surface area contributed by atoms with Crippen LogP contribution in [0, 0.1) is 11.8 Å². The normalized spacial score (nSPS) is 18.6. The molecule has 3 rings (SSSR count). The summed E-state index contributed by atoms with van der Waals surface area (Å²) in [5.74, 6) is 0.730. The first-order valence-electron chi connectivity index (χ1n) is 7.35. The van der Waals surface area contributed by atoms with E-state index in [4.69, 9.17) is 4.74 Å². The average Bonchev–Trinajstić information content (AvgIpc) is 3.32. The first-order chi connectivity index (χ1) is 9.68. The maximum atomic E-state index is 11.7. The van der Waals surface area contributed by atoms with Crippen LogP contribution in [0.2, 0.25) is 0 Å². The third kappa shape index (κ3) is 3.12. The molecule has 0 radical (unpaired) electrons. The Morgan fingerprint density at radius 1 is 1.20 bits per heavy atom. The minimum Gasteiger partial charge on any atom is -0.445 e. The van der Waals surface area contributed by atoms with E-state index in [0.29, 0.717) is 18.4 Å². The number of amides is 1. The zero-order valence-electron chi connectivity index (χ0n) is 11.5. The van der Waals surface area contributed by atoms with E-state index in [1.807, 2.05) is 30.3 Å². The molecule has 2 saturated carbocycles. The third-order valence-electron chi connectivity index (χ3n) is 4.30. The molecule has 108 valence electrons. The van der Waals surface area contributed by atoms with Crippen molar-refractivity contribution in [1.29, 1.82) is 0 Å². The van der Waals surface area contributed by atoms with Gasteiger partial charge in [-0.15, -0.1) is 0 Å². The van der Waals surface area contributed by atoms with Crippen molar-refractivity contribution in [2.75, 3.05) is 6.54 Å². The van der Waals surface area contributed by atoms with Crippen LogP contribution in [0.25, 0.3) is 0 Å². The van der Waals surface area contributed by atoms with Crippen LogP contribution in [0.4, 0.5) is 4.79 Å². The van der Waals surface area contributed by atoms with Crippen LogP contribution in [0.15, 0.2) is 30.3 Å². The van der Waals surface area contributed by atoms with E-state index < -0.39 is 11.7 Å². The maximum absolute atomic E-state index is 11.7. The summed E-state index contributed by atoms with van der Waals surface area (Å²) < 4.78 is 5.16. The van der Waals surface area contributed by atoms with Crippen LogP contribution in [-0.2, 0) is 11.3 Å². The predicted octanol–water partition coefficient (Wildman–Crippen LogP) is 2.46. The SMILES string of the molecule is O=C(NCC(O)(C1CC1)C1CC1)OCc1ccccc1. The predicted molar refractivity (Wildman–Crippen MR) is 75.0 cm³/mol. The monoisotopic (exact) mass is 275 g/mol. The minimum absolute atomic E-state index is 0.262. The van der Waals surface area contributed by atoms with E-state index >= 15 is 0 Å². The largest absolute Gasteiger partial charge is 0.445 e. The second kappa shape index (κ2) is 5.44. The lowest BCUT2D eigenvalue weighted by molar-refractivity contribution is -0.00438. The molecule has 1 amide bonds. The number of nitrogens with one attached hydrogen (secondary N) is 1. The first-order valence-corrected chi connectivity index (χ1v) is 7.35. The van der Waals surface area contributed by atoms with Crippen LogP contribution in [0.1, 0.15) is 31.2 Å². The van der Waals surface area contributed by atoms with Crippen LogP contribution in [0.3, 0.4) is 0 Å². The van der Waals surface area contributed by atoms with Crippen molar-refractivity contribution >= 4 is 6.09 Å². The fraction of sp³-hybridized carbons (Fsp3) is 0.562. The van der Waals surface area contributed by atoms with Crippen molar-refractivity contribution < 1.29 is 14.6 Å². The molecule has 2 aliphatic rings. The Morgan fingerprint density at radius 2 is 1.80 bits per heavy atom. The minimum atomic E-state index is -0.703. The smallest absolute Gasteiger partial charge is 0.407 e. The first kappa shape index (κ1) is 13.4. The summed E-state index contributed by atoms with van der Waals surface area (Å²) in [5, 5.41) is 13.4. The molecule has 0 bridgehead atoms. The lowest BCUT2D eigenvalue weighted by atomic mass is 9.92. The lowest BCUT2D eigenvalue weighted by Crippen LogP contribution is -2.46. The van der Waals surface area contributed by atoms with Crippen LogP contribution in [-0.4, -0.2) is 23.3 Å². The molecule has 4 heteroatoms. The highest BCUT2D eigenvalue weighted by molar-refractivity contribution is 5.67. The van der Waals surface area contributed by atoms with E-state index in [9.17, 15) is 9.90 Å². The number of rotatable bonds is 6. The Kier molecular flexibility index (Phi) is 3.66. The Labute approximate surface area is 119 Å². The zero-order valence-corrected chi connectivity index (χ0v) is 11.5. The molecule has 0 atom stereocenters. The Hall–Kier alpha value is -1.55. The van der Waals surface area contributed by atoms with Crippen molar-refractivity contribution in [2.45, 2.75) is 37.9 Å². The number of aliphatic hydroxyl groups is 1. The Bertz CT molecular complexity index is 454. The highest BCUT2D eigenvalue weighted by Gasteiger charge is 2.53. The molecule has 1 aromatic rings. The van der Waals surface area contributed by atoms with Gasteiger partial charge in [0.15, 0.2) is 0 Å². The quantitative estimate of drug-likeness (QED) is 0.838. The van der Waals surface area contributed by atoms with E-state index in [0.717, 1.165) is 31.2 Å². The van der Waals surface area contributed by atoms with Gasteiger partial charge in [0.1, 0.15) is 6.61 Å². The maximum Gasteiger partial charge on any atom is 0.407 e. The highest BCUT2D eigenvalue weighted by atomic mass is 16.5. The van der Waals surface area contributed by atoms with E-state index in [1.54, 1.807) is 0 Å². The van der Waals surface area contributed by atoms with Gasteiger partial charge in [-0.2, -0.15) is 0 Å². The van der Waals surface area contributed by atoms with Crippen LogP contribution >= 0.6 is 0 Å². The molecular weight excluding hydrogens is 254 g/mol. The van der Waals surface area contributed by atoms with Crippen molar-refractivity contribution in [1.82, 2.24) is 5.32 Å². The van der Waals surface area contributed by atoms with Gasteiger partial charge in [-0.3, -0.25) is 0 Å². The molecule has 0 saturated heterocycles. The standard InChI is InChI=1S/C16H21NO3/c18-15(20-10-12-4-2-1-3-5-12)17-11-16(19,13-6-7-13)14-8-9-14/h1-5,13-14,19H,6-11H2,(H,17,18). The molecule has 0 unspecified atom stereocenters. The summed E-state index contributed by atoms with van der Waals surface area (Å²) in [6.45, 7) is 0.577. The number of carbonyl (C=O) groups excluding carboxylic acids is 1. The summed E-state index contributed by atoms with van der Waals surface area (Å²) >= 11 is 0. The molecule has 2 N–H and O–H groups in total. The van der Waals surface area contributed by atoms with Gasteiger partial charge in [-0.25, -0.2) is 4.79 Å². The molecule has 1 aromatic carbocycles. The summed E-state index contributed by atoms with van der Waals surface area (Å²) in [7, 11) is 0.